The summed E-state index contributed by atoms with van der Waals surface area (Å²) in [6.45, 7) is 5.87. The van der Waals surface area contributed by atoms with Crippen LogP contribution in [0.1, 0.15) is 46.8 Å². The van der Waals surface area contributed by atoms with Crippen LogP contribution in [0.3, 0.4) is 0 Å². The highest BCUT2D eigenvalue weighted by Crippen LogP contribution is 2.20. The molecule has 2 N–H and O–H groups in total. The van der Waals surface area contributed by atoms with Gasteiger partial charge in [-0.1, -0.05) is 13.0 Å². The van der Waals surface area contributed by atoms with Crippen LogP contribution in [0, 0.1) is 13.8 Å². The average molecular weight is 352 g/mol. The van der Waals surface area contributed by atoms with Crippen molar-refractivity contribution in [1.82, 2.24) is 25.3 Å². The van der Waals surface area contributed by atoms with Crippen molar-refractivity contribution < 1.29 is 4.79 Å². The molecule has 0 spiro atoms. The number of benzene rings is 1. The number of rotatable bonds is 5. The normalized spacial score (nSPS) is 12.2. The van der Waals surface area contributed by atoms with E-state index in [0.29, 0.717) is 17.2 Å². The van der Waals surface area contributed by atoms with E-state index in [9.17, 15) is 4.79 Å². The van der Waals surface area contributed by atoms with Gasteiger partial charge < -0.3 is 15.2 Å². The first kappa shape index (κ1) is 17.8. The molecule has 7 heteroatoms. The largest absolute Gasteiger partial charge is 0.347 e. The van der Waals surface area contributed by atoms with E-state index in [4.69, 9.17) is 0 Å². The Balaban J connectivity index is 1.84. The quantitative estimate of drug-likeness (QED) is 0.737. The van der Waals surface area contributed by atoms with Gasteiger partial charge in [0.05, 0.1) is 28.3 Å². The van der Waals surface area contributed by atoms with Gasteiger partial charge in [0.2, 0.25) is 5.95 Å². The Morgan fingerprint density at radius 3 is 2.69 bits per heavy atom. The van der Waals surface area contributed by atoms with Gasteiger partial charge in [0.25, 0.3) is 5.91 Å². The fourth-order valence-electron chi connectivity index (χ4n) is 2.80. The standard InChI is InChI=1S/C19H24N6O/c1-6-14(17-22-15-8-7-11(2)9-16(15)23-17)24-18(26)13-10-20-19(25(4)5)21-12(13)3/h7-10,14H,6H2,1-5H3,(H,22,23)(H,24,26). The topological polar surface area (TPSA) is 86.8 Å². The molecule has 0 radical (unpaired) electrons. The fraction of sp³-hybridized carbons (Fsp3) is 0.368. The van der Waals surface area contributed by atoms with Crippen molar-refractivity contribution in [2.45, 2.75) is 33.2 Å². The maximum Gasteiger partial charge on any atom is 0.255 e. The number of H-pyrrole nitrogens is 1. The van der Waals surface area contributed by atoms with E-state index in [1.54, 1.807) is 11.1 Å². The molecule has 1 aromatic carbocycles. The van der Waals surface area contributed by atoms with Crippen LogP contribution in [0.5, 0.6) is 0 Å². The fourth-order valence-corrected chi connectivity index (χ4v) is 2.80. The summed E-state index contributed by atoms with van der Waals surface area (Å²) in [6.07, 6.45) is 2.29. The summed E-state index contributed by atoms with van der Waals surface area (Å²) in [7, 11) is 3.73. The molecule has 0 aliphatic carbocycles. The Kier molecular flexibility index (Phi) is 4.88. The van der Waals surface area contributed by atoms with E-state index in [1.807, 2.05) is 47.0 Å². The molecular formula is C19H24N6O. The summed E-state index contributed by atoms with van der Waals surface area (Å²) >= 11 is 0. The van der Waals surface area contributed by atoms with Gasteiger partial charge >= 0.3 is 0 Å². The van der Waals surface area contributed by atoms with Crippen molar-refractivity contribution in [3.05, 3.63) is 47.0 Å². The molecule has 1 unspecified atom stereocenters. The van der Waals surface area contributed by atoms with Crippen LogP contribution in [-0.2, 0) is 0 Å². The van der Waals surface area contributed by atoms with Crippen LogP contribution in [0.25, 0.3) is 11.0 Å². The minimum Gasteiger partial charge on any atom is -0.347 e. The third-order valence-corrected chi connectivity index (χ3v) is 4.31. The van der Waals surface area contributed by atoms with Crippen LogP contribution < -0.4 is 10.2 Å². The predicted octanol–water partition coefficient (Wildman–Crippen LogP) is 2.92. The summed E-state index contributed by atoms with van der Waals surface area (Å²) in [5, 5.41) is 3.04. The molecule has 26 heavy (non-hydrogen) atoms. The molecule has 0 saturated heterocycles. The first-order valence-corrected chi connectivity index (χ1v) is 8.67. The number of carbonyl (C=O) groups excluding carboxylic acids is 1. The first-order chi connectivity index (χ1) is 12.4. The smallest absolute Gasteiger partial charge is 0.255 e. The summed E-state index contributed by atoms with van der Waals surface area (Å²) in [5.41, 5.74) is 4.16. The summed E-state index contributed by atoms with van der Waals surface area (Å²) in [5.74, 6) is 1.14. The Morgan fingerprint density at radius 2 is 2.04 bits per heavy atom. The number of nitrogens with one attached hydrogen (secondary N) is 2. The van der Waals surface area contributed by atoms with Gasteiger partial charge in [-0.25, -0.2) is 15.0 Å². The van der Waals surface area contributed by atoms with E-state index in [1.165, 1.54) is 5.56 Å². The third-order valence-electron chi connectivity index (χ3n) is 4.31. The zero-order chi connectivity index (χ0) is 18.8. The van der Waals surface area contributed by atoms with E-state index < -0.39 is 0 Å². The molecule has 136 valence electrons. The lowest BCUT2D eigenvalue weighted by molar-refractivity contribution is 0.0932. The number of nitrogens with zero attached hydrogens (tertiary/aromatic N) is 4. The monoisotopic (exact) mass is 352 g/mol. The van der Waals surface area contributed by atoms with Crippen molar-refractivity contribution in [3.63, 3.8) is 0 Å². The maximum atomic E-state index is 12.7. The van der Waals surface area contributed by atoms with Crippen molar-refractivity contribution in [2.75, 3.05) is 19.0 Å². The molecule has 1 amide bonds. The van der Waals surface area contributed by atoms with Crippen LogP contribution in [0.2, 0.25) is 0 Å². The molecular weight excluding hydrogens is 328 g/mol. The number of anilines is 1. The third kappa shape index (κ3) is 3.51. The second-order valence-corrected chi connectivity index (χ2v) is 6.64. The van der Waals surface area contributed by atoms with Gasteiger partial charge in [0, 0.05) is 20.3 Å². The average Bonchev–Trinajstić information content (AvgIpc) is 3.01. The molecule has 7 nitrogen and oxygen atoms in total. The summed E-state index contributed by atoms with van der Waals surface area (Å²) in [4.78, 5) is 31.1. The second kappa shape index (κ2) is 7.11. The Labute approximate surface area is 152 Å². The highest BCUT2D eigenvalue weighted by Gasteiger charge is 2.20. The Bertz CT molecular complexity index is 946. The van der Waals surface area contributed by atoms with Crippen LogP contribution in [-0.4, -0.2) is 39.9 Å². The van der Waals surface area contributed by atoms with Crippen molar-refractivity contribution >= 4 is 22.9 Å². The van der Waals surface area contributed by atoms with Gasteiger partial charge in [0.15, 0.2) is 0 Å². The van der Waals surface area contributed by atoms with Gasteiger partial charge in [-0.3, -0.25) is 4.79 Å². The molecule has 3 aromatic rings. The highest BCUT2D eigenvalue weighted by molar-refractivity contribution is 5.95. The van der Waals surface area contributed by atoms with Crippen LogP contribution in [0.15, 0.2) is 24.4 Å². The lowest BCUT2D eigenvalue weighted by Crippen LogP contribution is -2.30. The van der Waals surface area contributed by atoms with Gasteiger partial charge in [-0.15, -0.1) is 0 Å². The van der Waals surface area contributed by atoms with E-state index in [0.717, 1.165) is 23.3 Å². The summed E-state index contributed by atoms with van der Waals surface area (Å²) < 4.78 is 0. The highest BCUT2D eigenvalue weighted by atomic mass is 16.1. The van der Waals surface area contributed by atoms with E-state index >= 15 is 0 Å². The van der Waals surface area contributed by atoms with Crippen LogP contribution in [0.4, 0.5) is 5.95 Å². The van der Waals surface area contributed by atoms with Crippen molar-refractivity contribution in [3.8, 4) is 0 Å². The number of aryl methyl sites for hydroxylation is 2. The van der Waals surface area contributed by atoms with Gasteiger partial charge in [-0.05, 0) is 38.0 Å². The number of aromatic nitrogens is 4. The molecule has 2 heterocycles. The Morgan fingerprint density at radius 1 is 1.27 bits per heavy atom. The predicted molar refractivity (Wildman–Crippen MR) is 102 cm³/mol. The first-order valence-electron chi connectivity index (χ1n) is 8.67. The van der Waals surface area contributed by atoms with Gasteiger partial charge in [-0.2, -0.15) is 0 Å². The lowest BCUT2D eigenvalue weighted by Gasteiger charge is -2.16. The SMILES string of the molecule is CCC(NC(=O)c1cnc(N(C)C)nc1C)c1nc2ccc(C)cc2[nH]1. The molecule has 0 aliphatic rings. The minimum absolute atomic E-state index is 0.198. The number of amides is 1. The van der Waals surface area contributed by atoms with Crippen molar-refractivity contribution in [1.29, 1.82) is 0 Å². The second-order valence-electron chi connectivity index (χ2n) is 6.64. The number of imidazole rings is 1. The molecule has 0 bridgehead atoms. The zero-order valence-corrected chi connectivity index (χ0v) is 15.8. The molecule has 2 aromatic heterocycles. The number of hydrogen-bond acceptors (Lipinski definition) is 5. The number of aromatic amines is 1. The van der Waals surface area contributed by atoms with E-state index in [-0.39, 0.29) is 11.9 Å². The number of carbonyl (C=O) groups is 1. The molecule has 1 atom stereocenters. The summed E-state index contributed by atoms with van der Waals surface area (Å²) in [6, 6.07) is 5.86. The van der Waals surface area contributed by atoms with Crippen LogP contribution >= 0.6 is 0 Å². The number of fused-ring (bicyclic) bond motifs is 1. The molecule has 3 rings (SSSR count). The maximum absolute atomic E-state index is 12.7. The lowest BCUT2D eigenvalue weighted by atomic mass is 10.1. The molecule has 0 aliphatic heterocycles. The minimum atomic E-state index is -0.205. The Hall–Kier alpha value is -2.96. The number of hydrogen-bond donors (Lipinski definition) is 2. The van der Waals surface area contributed by atoms with E-state index in [2.05, 4.69) is 31.3 Å². The molecule has 0 fully saturated rings. The van der Waals surface area contributed by atoms with Gasteiger partial charge in [0.1, 0.15) is 5.82 Å². The van der Waals surface area contributed by atoms with Crippen molar-refractivity contribution in [2.24, 2.45) is 0 Å². The molecule has 0 saturated carbocycles. The zero-order valence-electron chi connectivity index (χ0n) is 15.8.